The Morgan fingerprint density at radius 2 is 1.95 bits per heavy atom. The lowest BCUT2D eigenvalue weighted by Gasteiger charge is -2.43. The normalized spacial score (nSPS) is 23.0. The summed E-state index contributed by atoms with van der Waals surface area (Å²) in [6.07, 6.45) is 1.16. The first kappa shape index (κ1) is 18.2. The smallest absolute Gasteiger partial charge is 0.410 e. The molecule has 21 heavy (non-hydrogen) atoms. The van der Waals surface area contributed by atoms with Crippen molar-refractivity contribution >= 4 is 16.3 Å². The van der Waals surface area contributed by atoms with Crippen molar-refractivity contribution in [3.05, 3.63) is 0 Å². The molecular formula is C14H26FNO4S. The van der Waals surface area contributed by atoms with Crippen LogP contribution < -0.4 is 0 Å². The van der Waals surface area contributed by atoms with Gasteiger partial charge in [-0.3, -0.25) is 0 Å². The summed E-state index contributed by atoms with van der Waals surface area (Å²) in [7, 11) is -4.52. The second kappa shape index (κ2) is 6.10. The zero-order valence-corrected chi connectivity index (χ0v) is 14.3. The number of piperidine rings is 1. The van der Waals surface area contributed by atoms with Crippen LogP contribution in [-0.4, -0.2) is 43.4 Å². The molecule has 0 spiro atoms. The lowest BCUT2D eigenvalue weighted by molar-refractivity contribution is -0.00786. The van der Waals surface area contributed by atoms with Gasteiger partial charge < -0.3 is 9.64 Å². The number of ether oxygens (including phenoxy) is 1. The van der Waals surface area contributed by atoms with Gasteiger partial charge in [-0.2, -0.15) is 8.42 Å². The van der Waals surface area contributed by atoms with Gasteiger partial charge >= 0.3 is 16.3 Å². The Bertz CT molecular complexity index is 482. The van der Waals surface area contributed by atoms with E-state index in [0.29, 0.717) is 13.0 Å². The monoisotopic (exact) mass is 323 g/mol. The first-order chi connectivity index (χ1) is 9.29. The van der Waals surface area contributed by atoms with Gasteiger partial charge in [0.05, 0.1) is 5.75 Å². The van der Waals surface area contributed by atoms with E-state index in [-0.39, 0.29) is 17.9 Å². The molecule has 1 rings (SSSR count). The standard InChI is InChI=1S/C14H26FNO4S/c1-13(2,3)20-12(17)16-10-14(4,5)8-6-11(16)7-9-21(15,18)19/h11H,6-10H2,1-5H3. The van der Waals surface area contributed by atoms with Crippen LogP contribution in [-0.2, 0) is 15.0 Å². The molecule has 5 nitrogen and oxygen atoms in total. The molecule has 0 aliphatic carbocycles. The van der Waals surface area contributed by atoms with E-state index in [4.69, 9.17) is 4.74 Å². The van der Waals surface area contributed by atoms with Crippen molar-refractivity contribution in [1.29, 1.82) is 0 Å². The minimum absolute atomic E-state index is 0.0536. The quantitative estimate of drug-likeness (QED) is 0.749. The van der Waals surface area contributed by atoms with E-state index >= 15 is 0 Å². The summed E-state index contributed by atoms with van der Waals surface area (Å²) < 4.78 is 39.5. The predicted octanol–water partition coefficient (Wildman–Crippen LogP) is 3.10. The summed E-state index contributed by atoms with van der Waals surface area (Å²) in [6, 6.07) is -0.293. The average molecular weight is 323 g/mol. The van der Waals surface area contributed by atoms with E-state index in [1.54, 1.807) is 25.7 Å². The van der Waals surface area contributed by atoms with E-state index in [0.717, 1.165) is 6.42 Å². The number of carbonyl (C=O) groups is 1. The van der Waals surface area contributed by atoms with Crippen molar-refractivity contribution in [2.24, 2.45) is 5.41 Å². The Morgan fingerprint density at radius 1 is 1.38 bits per heavy atom. The molecule has 7 heteroatoms. The molecule has 1 unspecified atom stereocenters. The van der Waals surface area contributed by atoms with Crippen LogP contribution in [0.3, 0.4) is 0 Å². The molecule has 1 atom stereocenters. The Kier molecular flexibility index (Phi) is 5.29. The van der Waals surface area contributed by atoms with Crippen LogP contribution in [0.5, 0.6) is 0 Å². The van der Waals surface area contributed by atoms with Crippen LogP contribution in [0.1, 0.15) is 53.9 Å². The molecule has 124 valence electrons. The maximum absolute atomic E-state index is 12.7. The average Bonchev–Trinajstić information content (AvgIpc) is 2.22. The number of halogens is 1. The van der Waals surface area contributed by atoms with Gasteiger partial charge in [0.2, 0.25) is 0 Å². The topological polar surface area (TPSA) is 63.7 Å². The summed E-state index contributed by atoms with van der Waals surface area (Å²) in [4.78, 5) is 13.9. The second-order valence-electron chi connectivity index (χ2n) is 7.50. The fourth-order valence-electron chi connectivity index (χ4n) is 2.49. The molecule has 0 N–H and O–H groups in total. The van der Waals surface area contributed by atoms with Crippen molar-refractivity contribution in [1.82, 2.24) is 4.90 Å². The van der Waals surface area contributed by atoms with E-state index in [1.807, 2.05) is 13.8 Å². The molecule has 1 fully saturated rings. The molecule has 1 saturated heterocycles. The Labute approximate surface area is 127 Å². The minimum Gasteiger partial charge on any atom is -0.444 e. The predicted molar refractivity (Wildman–Crippen MR) is 79.3 cm³/mol. The van der Waals surface area contributed by atoms with E-state index in [9.17, 15) is 17.1 Å². The van der Waals surface area contributed by atoms with Crippen molar-refractivity contribution in [3.8, 4) is 0 Å². The number of hydrogen-bond donors (Lipinski definition) is 0. The Hall–Kier alpha value is -0.850. The highest BCUT2D eigenvalue weighted by Crippen LogP contribution is 2.34. The summed E-state index contributed by atoms with van der Waals surface area (Å²) in [5.74, 6) is -0.558. The van der Waals surface area contributed by atoms with Crippen molar-refractivity contribution < 1.29 is 21.8 Å². The molecule has 0 saturated carbocycles. The molecular weight excluding hydrogens is 297 g/mol. The van der Waals surface area contributed by atoms with Crippen molar-refractivity contribution in [2.75, 3.05) is 12.3 Å². The highest BCUT2D eigenvalue weighted by molar-refractivity contribution is 7.86. The lowest BCUT2D eigenvalue weighted by atomic mass is 9.81. The number of nitrogens with zero attached hydrogens (tertiary/aromatic N) is 1. The van der Waals surface area contributed by atoms with Crippen LogP contribution in [0.25, 0.3) is 0 Å². The van der Waals surface area contributed by atoms with Gasteiger partial charge in [-0.15, -0.1) is 3.89 Å². The zero-order chi connectivity index (χ0) is 16.5. The van der Waals surface area contributed by atoms with Crippen LogP contribution in [0.2, 0.25) is 0 Å². The fourth-order valence-corrected chi connectivity index (χ4v) is 3.05. The van der Waals surface area contributed by atoms with Crippen molar-refractivity contribution in [2.45, 2.75) is 65.5 Å². The number of carbonyl (C=O) groups excluding carboxylic acids is 1. The van der Waals surface area contributed by atoms with Gasteiger partial charge in [0.25, 0.3) is 0 Å². The molecule has 0 aromatic rings. The fraction of sp³-hybridized carbons (Fsp3) is 0.929. The zero-order valence-electron chi connectivity index (χ0n) is 13.5. The van der Waals surface area contributed by atoms with Gasteiger partial charge in [-0.1, -0.05) is 13.8 Å². The number of hydrogen-bond acceptors (Lipinski definition) is 4. The SMILES string of the molecule is CC1(C)CCC(CCS(=O)(=O)F)N(C(=O)OC(C)(C)C)C1. The molecule has 1 aliphatic rings. The van der Waals surface area contributed by atoms with E-state index in [1.165, 1.54) is 0 Å². The molecule has 1 aliphatic heterocycles. The maximum atomic E-state index is 12.7. The number of rotatable bonds is 3. The lowest BCUT2D eigenvalue weighted by Crippen LogP contribution is -2.51. The molecule has 0 radical (unpaired) electrons. The van der Waals surface area contributed by atoms with Crippen molar-refractivity contribution in [3.63, 3.8) is 0 Å². The molecule has 0 aromatic heterocycles. The third-order valence-electron chi connectivity index (χ3n) is 3.52. The van der Waals surface area contributed by atoms with Crippen LogP contribution in [0, 0.1) is 5.41 Å². The van der Waals surface area contributed by atoms with Crippen LogP contribution in [0.15, 0.2) is 0 Å². The molecule has 1 amide bonds. The summed E-state index contributed by atoms with van der Waals surface area (Å²) in [6.45, 7) is 9.92. The largest absolute Gasteiger partial charge is 0.444 e. The van der Waals surface area contributed by atoms with Crippen LogP contribution in [0.4, 0.5) is 8.68 Å². The van der Waals surface area contributed by atoms with Gasteiger partial charge in [0.1, 0.15) is 5.60 Å². The summed E-state index contributed by atoms with van der Waals surface area (Å²) >= 11 is 0. The minimum atomic E-state index is -4.52. The highest BCUT2D eigenvalue weighted by atomic mass is 32.3. The van der Waals surface area contributed by atoms with Gasteiger partial charge in [0.15, 0.2) is 0 Å². The molecule has 0 aromatic carbocycles. The third kappa shape index (κ3) is 6.63. The Morgan fingerprint density at radius 3 is 2.43 bits per heavy atom. The number of likely N-dealkylation sites (tertiary alicyclic amines) is 1. The first-order valence-corrected chi connectivity index (χ1v) is 8.76. The second-order valence-corrected chi connectivity index (χ2v) is 8.98. The maximum Gasteiger partial charge on any atom is 0.410 e. The molecule has 1 heterocycles. The first-order valence-electron chi connectivity index (χ1n) is 7.21. The van der Waals surface area contributed by atoms with E-state index in [2.05, 4.69) is 0 Å². The van der Waals surface area contributed by atoms with Gasteiger partial charge in [0, 0.05) is 12.6 Å². The highest BCUT2D eigenvalue weighted by Gasteiger charge is 2.38. The Balaban J connectivity index is 2.82. The number of amides is 1. The third-order valence-corrected chi connectivity index (χ3v) is 4.24. The summed E-state index contributed by atoms with van der Waals surface area (Å²) in [5.41, 5.74) is -0.669. The summed E-state index contributed by atoms with van der Waals surface area (Å²) in [5, 5.41) is 0. The van der Waals surface area contributed by atoms with Crippen LogP contribution >= 0.6 is 0 Å². The van der Waals surface area contributed by atoms with Gasteiger partial charge in [-0.05, 0) is 45.4 Å². The van der Waals surface area contributed by atoms with Gasteiger partial charge in [-0.25, -0.2) is 4.79 Å². The van der Waals surface area contributed by atoms with E-state index < -0.39 is 27.7 Å². The molecule has 0 bridgehead atoms.